The third kappa shape index (κ3) is 4.60. The minimum atomic E-state index is -1.41. The molecule has 0 aromatic carbocycles. The Bertz CT molecular complexity index is 283. The number of hydrogen-bond acceptors (Lipinski definition) is 3. The van der Waals surface area contributed by atoms with Gasteiger partial charge < -0.3 is 20.4 Å². The number of likely N-dealkylation sites (tertiary alicyclic amines) is 1. The van der Waals surface area contributed by atoms with Gasteiger partial charge in [0.05, 0.1) is 0 Å². The monoisotopic (exact) mass is 244 g/mol. The van der Waals surface area contributed by atoms with Crippen LogP contribution < -0.4 is 5.32 Å². The lowest BCUT2D eigenvalue weighted by Gasteiger charge is -2.31. The molecule has 1 heterocycles. The molecule has 6 nitrogen and oxygen atoms in total. The first kappa shape index (κ1) is 13.8. The van der Waals surface area contributed by atoms with Crippen LogP contribution in [0.25, 0.3) is 0 Å². The second kappa shape index (κ2) is 6.44. The van der Waals surface area contributed by atoms with Crippen molar-refractivity contribution < 1.29 is 19.8 Å². The second-order valence-corrected chi connectivity index (χ2v) is 4.57. The zero-order valence-corrected chi connectivity index (χ0v) is 10.1. The maximum Gasteiger partial charge on any atom is 0.332 e. The lowest BCUT2D eigenvalue weighted by molar-refractivity contribution is -0.146. The summed E-state index contributed by atoms with van der Waals surface area (Å²) in [4.78, 5) is 23.8. The Morgan fingerprint density at radius 3 is 2.82 bits per heavy atom. The SMILES string of the molecule is CC1CCCN(C(=O)NCC[C@H](O)C(=O)O)C1. The number of carboxylic acids is 1. The molecule has 2 atom stereocenters. The standard InChI is InChI=1S/C11H20N2O4/c1-8-3-2-6-13(7-8)11(17)12-5-4-9(14)10(15)16/h8-9,14H,2-7H2,1H3,(H,12,17)(H,15,16)/t8?,9-/m0/s1. The molecule has 1 fully saturated rings. The summed E-state index contributed by atoms with van der Waals surface area (Å²) in [5, 5.41) is 20.1. The fraction of sp³-hybridized carbons (Fsp3) is 0.818. The predicted octanol–water partition coefficient (Wildman–Crippen LogP) is 0.263. The van der Waals surface area contributed by atoms with E-state index in [0.29, 0.717) is 5.92 Å². The molecule has 1 saturated heterocycles. The number of aliphatic hydroxyl groups is 1. The van der Waals surface area contributed by atoms with E-state index in [0.717, 1.165) is 25.9 Å². The first-order valence-corrected chi connectivity index (χ1v) is 5.94. The fourth-order valence-corrected chi connectivity index (χ4v) is 1.92. The molecule has 0 saturated carbocycles. The number of rotatable bonds is 4. The van der Waals surface area contributed by atoms with Crippen molar-refractivity contribution in [2.24, 2.45) is 5.92 Å². The van der Waals surface area contributed by atoms with E-state index in [2.05, 4.69) is 12.2 Å². The van der Waals surface area contributed by atoms with Crippen LogP contribution >= 0.6 is 0 Å². The predicted molar refractivity (Wildman–Crippen MR) is 61.6 cm³/mol. The van der Waals surface area contributed by atoms with E-state index in [1.165, 1.54) is 0 Å². The van der Waals surface area contributed by atoms with Gasteiger partial charge in [-0.25, -0.2) is 9.59 Å². The summed E-state index contributed by atoms with van der Waals surface area (Å²) < 4.78 is 0. The van der Waals surface area contributed by atoms with Crippen LogP contribution in [0.4, 0.5) is 4.79 Å². The zero-order valence-electron chi connectivity index (χ0n) is 10.1. The highest BCUT2D eigenvalue weighted by Crippen LogP contribution is 2.15. The molecule has 0 aromatic rings. The summed E-state index contributed by atoms with van der Waals surface area (Å²) in [5.74, 6) is -0.745. The maximum atomic E-state index is 11.7. The highest BCUT2D eigenvalue weighted by atomic mass is 16.4. The van der Waals surface area contributed by atoms with E-state index in [-0.39, 0.29) is 19.0 Å². The number of carboxylic acid groups (broad SMARTS) is 1. The van der Waals surface area contributed by atoms with E-state index in [9.17, 15) is 9.59 Å². The number of carbonyl (C=O) groups is 2. The molecule has 0 spiro atoms. The molecule has 98 valence electrons. The number of nitrogens with zero attached hydrogens (tertiary/aromatic N) is 1. The van der Waals surface area contributed by atoms with Gasteiger partial charge in [0.2, 0.25) is 0 Å². The third-order valence-electron chi connectivity index (χ3n) is 2.92. The van der Waals surface area contributed by atoms with E-state index in [4.69, 9.17) is 10.2 Å². The van der Waals surface area contributed by atoms with Crippen molar-refractivity contribution in [3.8, 4) is 0 Å². The van der Waals surface area contributed by atoms with Gasteiger partial charge in [-0.15, -0.1) is 0 Å². The Labute approximate surface area is 101 Å². The first-order chi connectivity index (χ1) is 8.00. The van der Waals surface area contributed by atoms with Crippen molar-refractivity contribution in [1.82, 2.24) is 10.2 Å². The van der Waals surface area contributed by atoms with Crippen LogP contribution in [0.3, 0.4) is 0 Å². The van der Waals surface area contributed by atoms with Crippen molar-refractivity contribution in [2.75, 3.05) is 19.6 Å². The van der Waals surface area contributed by atoms with Crippen molar-refractivity contribution in [1.29, 1.82) is 0 Å². The lowest BCUT2D eigenvalue weighted by Crippen LogP contribution is -2.45. The van der Waals surface area contributed by atoms with E-state index in [1.54, 1.807) is 4.90 Å². The highest BCUT2D eigenvalue weighted by molar-refractivity contribution is 5.74. The minimum absolute atomic E-state index is 0.0322. The van der Waals surface area contributed by atoms with Crippen molar-refractivity contribution in [2.45, 2.75) is 32.3 Å². The molecule has 1 rings (SSSR count). The maximum absolute atomic E-state index is 11.7. The summed E-state index contributed by atoms with van der Waals surface area (Å²) in [5.41, 5.74) is 0. The molecule has 0 radical (unpaired) electrons. The number of hydrogen-bond donors (Lipinski definition) is 3. The number of urea groups is 1. The van der Waals surface area contributed by atoms with Gasteiger partial charge in [-0.1, -0.05) is 6.92 Å². The largest absolute Gasteiger partial charge is 0.479 e. The number of aliphatic carboxylic acids is 1. The van der Waals surface area contributed by atoms with Gasteiger partial charge in [-0.05, 0) is 18.8 Å². The molecule has 3 N–H and O–H groups in total. The third-order valence-corrected chi connectivity index (χ3v) is 2.92. The molecule has 2 amide bonds. The minimum Gasteiger partial charge on any atom is -0.479 e. The topological polar surface area (TPSA) is 89.9 Å². The number of nitrogens with one attached hydrogen (secondary N) is 1. The Hall–Kier alpha value is -1.30. The Morgan fingerprint density at radius 1 is 1.53 bits per heavy atom. The summed E-state index contributed by atoms with van der Waals surface area (Å²) in [7, 11) is 0. The van der Waals surface area contributed by atoms with E-state index in [1.807, 2.05) is 0 Å². The molecule has 1 unspecified atom stereocenters. The summed E-state index contributed by atoms with van der Waals surface area (Å²) >= 11 is 0. The Kier molecular flexibility index (Phi) is 5.21. The number of carbonyl (C=O) groups excluding carboxylic acids is 1. The van der Waals surface area contributed by atoms with Crippen LogP contribution in [0.15, 0.2) is 0 Å². The summed E-state index contributed by atoms with van der Waals surface area (Å²) in [6.07, 6.45) is 0.772. The molecule has 0 bridgehead atoms. The van der Waals surface area contributed by atoms with Crippen molar-refractivity contribution in [3.63, 3.8) is 0 Å². The lowest BCUT2D eigenvalue weighted by atomic mass is 10.0. The summed E-state index contributed by atoms with van der Waals surface area (Å²) in [6.45, 7) is 3.77. The van der Waals surface area contributed by atoms with Gasteiger partial charge in [0.25, 0.3) is 0 Å². The van der Waals surface area contributed by atoms with E-state index >= 15 is 0 Å². The van der Waals surface area contributed by atoms with Gasteiger partial charge in [0.15, 0.2) is 6.10 Å². The number of amides is 2. The molecular weight excluding hydrogens is 224 g/mol. The van der Waals surface area contributed by atoms with Crippen LogP contribution in [0.5, 0.6) is 0 Å². The van der Waals surface area contributed by atoms with Gasteiger partial charge in [-0.2, -0.15) is 0 Å². The molecule has 1 aliphatic rings. The smallest absolute Gasteiger partial charge is 0.332 e. The van der Waals surface area contributed by atoms with Gasteiger partial charge in [-0.3, -0.25) is 0 Å². The number of aliphatic hydroxyl groups excluding tert-OH is 1. The van der Waals surface area contributed by atoms with Crippen LogP contribution in [0.2, 0.25) is 0 Å². The van der Waals surface area contributed by atoms with Crippen LogP contribution in [-0.2, 0) is 4.79 Å². The van der Waals surface area contributed by atoms with Crippen molar-refractivity contribution in [3.05, 3.63) is 0 Å². The van der Waals surface area contributed by atoms with E-state index < -0.39 is 12.1 Å². The van der Waals surface area contributed by atoms with Crippen LogP contribution in [0.1, 0.15) is 26.2 Å². The highest BCUT2D eigenvalue weighted by Gasteiger charge is 2.21. The molecule has 6 heteroatoms. The van der Waals surface area contributed by atoms with Gasteiger partial charge in [0.1, 0.15) is 0 Å². The van der Waals surface area contributed by atoms with Crippen LogP contribution in [0, 0.1) is 5.92 Å². The van der Waals surface area contributed by atoms with Gasteiger partial charge in [0, 0.05) is 26.1 Å². The molecule has 0 aromatic heterocycles. The molecule has 17 heavy (non-hydrogen) atoms. The quantitative estimate of drug-likeness (QED) is 0.662. The number of piperidine rings is 1. The Morgan fingerprint density at radius 2 is 2.24 bits per heavy atom. The second-order valence-electron chi connectivity index (χ2n) is 4.57. The van der Waals surface area contributed by atoms with Crippen molar-refractivity contribution >= 4 is 12.0 Å². The summed E-state index contributed by atoms with van der Waals surface area (Å²) in [6, 6.07) is -0.172. The Balaban J connectivity index is 2.22. The normalized spacial score (nSPS) is 22.0. The molecular formula is C11H20N2O4. The first-order valence-electron chi connectivity index (χ1n) is 5.94. The average molecular weight is 244 g/mol. The molecule has 0 aliphatic carbocycles. The van der Waals surface area contributed by atoms with Gasteiger partial charge >= 0.3 is 12.0 Å². The zero-order chi connectivity index (χ0) is 12.8. The fourth-order valence-electron chi connectivity index (χ4n) is 1.92. The average Bonchev–Trinajstić information content (AvgIpc) is 2.28. The van der Waals surface area contributed by atoms with Crippen LogP contribution in [-0.4, -0.2) is 52.9 Å². The molecule has 1 aliphatic heterocycles.